The van der Waals surface area contributed by atoms with E-state index in [-0.39, 0.29) is 5.91 Å². The largest absolute Gasteiger partial charge is 0.493 e. The van der Waals surface area contributed by atoms with Gasteiger partial charge >= 0.3 is 0 Å². The van der Waals surface area contributed by atoms with Gasteiger partial charge in [-0.15, -0.1) is 0 Å². The van der Waals surface area contributed by atoms with Crippen LogP contribution in [0.5, 0.6) is 11.5 Å². The molecular weight excluding hydrogens is 392 g/mol. The SMILES string of the molecule is COc1ccc(NC(=O)C[NH+](C)Cc2ccc(-c3ccc(Cl)cc3)o2)cc1OC. The number of furan rings is 1. The van der Waals surface area contributed by atoms with E-state index in [1.165, 1.54) is 0 Å². The number of likely N-dealkylation sites (N-methyl/N-ethyl adjacent to an activating group) is 1. The Morgan fingerprint density at radius 1 is 1.03 bits per heavy atom. The van der Waals surface area contributed by atoms with Crippen LogP contribution in [0, 0.1) is 0 Å². The first kappa shape index (κ1) is 20.8. The van der Waals surface area contributed by atoms with Crippen LogP contribution >= 0.6 is 11.6 Å². The van der Waals surface area contributed by atoms with Crippen molar-refractivity contribution in [3.63, 3.8) is 0 Å². The standard InChI is InChI=1S/C22H23ClN2O4/c1-25(13-18-9-11-19(29-18)15-4-6-16(23)7-5-15)14-22(26)24-17-8-10-20(27-2)21(12-17)28-3/h4-12H,13-14H2,1-3H3,(H,24,26)/p+1. The molecule has 1 heterocycles. The number of rotatable bonds is 8. The van der Waals surface area contributed by atoms with Crippen LogP contribution in [0.1, 0.15) is 5.76 Å². The van der Waals surface area contributed by atoms with Gasteiger partial charge in [-0.25, -0.2) is 0 Å². The van der Waals surface area contributed by atoms with Crippen LogP contribution in [0.25, 0.3) is 11.3 Å². The van der Waals surface area contributed by atoms with Gasteiger partial charge in [0, 0.05) is 22.3 Å². The molecule has 0 aliphatic rings. The quantitative estimate of drug-likeness (QED) is 0.592. The number of quaternary nitrogens is 1. The molecule has 0 bridgehead atoms. The summed E-state index contributed by atoms with van der Waals surface area (Å²) in [6.45, 7) is 0.887. The highest BCUT2D eigenvalue weighted by molar-refractivity contribution is 6.30. The fourth-order valence-corrected chi connectivity index (χ4v) is 3.12. The van der Waals surface area contributed by atoms with Crippen LogP contribution in [0.2, 0.25) is 5.02 Å². The molecule has 1 amide bonds. The van der Waals surface area contributed by atoms with E-state index >= 15 is 0 Å². The number of nitrogens with one attached hydrogen (secondary N) is 2. The van der Waals surface area contributed by atoms with Crippen molar-refractivity contribution in [1.82, 2.24) is 0 Å². The summed E-state index contributed by atoms with van der Waals surface area (Å²) in [6.07, 6.45) is 0. The zero-order valence-corrected chi connectivity index (χ0v) is 17.4. The van der Waals surface area contributed by atoms with Gasteiger partial charge in [-0.3, -0.25) is 4.79 Å². The highest BCUT2D eigenvalue weighted by Gasteiger charge is 2.15. The van der Waals surface area contributed by atoms with Crippen molar-refractivity contribution in [2.45, 2.75) is 6.54 Å². The van der Waals surface area contributed by atoms with Gasteiger partial charge in [0.2, 0.25) is 0 Å². The number of carbonyl (C=O) groups excluding carboxylic acids is 1. The minimum atomic E-state index is -0.0980. The zero-order valence-electron chi connectivity index (χ0n) is 16.6. The Balaban J connectivity index is 1.56. The number of benzene rings is 2. The minimum Gasteiger partial charge on any atom is -0.493 e. The van der Waals surface area contributed by atoms with Gasteiger partial charge in [0.1, 0.15) is 12.3 Å². The number of carbonyl (C=O) groups is 1. The highest BCUT2D eigenvalue weighted by atomic mass is 35.5. The predicted molar refractivity (Wildman–Crippen MR) is 113 cm³/mol. The molecule has 1 atom stereocenters. The van der Waals surface area contributed by atoms with Crippen molar-refractivity contribution >= 4 is 23.2 Å². The van der Waals surface area contributed by atoms with Crippen molar-refractivity contribution in [3.05, 3.63) is 65.4 Å². The Hall–Kier alpha value is -2.96. The summed E-state index contributed by atoms with van der Waals surface area (Å²) in [5, 5.41) is 3.57. The van der Waals surface area contributed by atoms with Gasteiger partial charge in [0.05, 0.1) is 21.3 Å². The first-order valence-corrected chi connectivity index (χ1v) is 9.54. The molecule has 2 N–H and O–H groups in total. The maximum Gasteiger partial charge on any atom is 0.279 e. The molecule has 29 heavy (non-hydrogen) atoms. The van der Waals surface area contributed by atoms with E-state index in [0.29, 0.717) is 35.3 Å². The lowest BCUT2D eigenvalue weighted by Gasteiger charge is -2.14. The summed E-state index contributed by atoms with van der Waals surface area (Å²) in [4.78, 5) is 13.4. The molecule has 0 aliphatic heterocycles. The Labute approximate surface area is 175 Å². The molecule has 3 rings (SSSR count). The predicted octanol–water partition coefficient (Wildman–Crippen LogP) is 3.27. The molecule has 0 spiro atoms. The average molecular weight is 416 g/mol. The number of methoxy groups -OCH3 is 2. The molecule has 0 radical (unpaired) electrons. The summed E-state index contributed by atoms with van der Waals surface area (Å²) < 4.78 is 16.4. The average Bonchev–Trinajstić information content (AvgIpc) is 3.16. The second-order valence-corrected chi connectivity index (χ2v) is 7.14. The topological polar surface area (TPSA) is 65.1 Å². The lowest BCUT2D eigenvalue weighted by atomic mass is 10.2. The third-order valence-electron chi connectivity index (χ3n) is 4.40. The maximum atomic E-state index is 12.4. The monoisotopic (exact) mass is 415 g/mol. The number of ether oxygens (including phenoxy) is 2. The van der Waals surface area contributed by atoms with Crippen LogP contribution < -0.4 is 19.7 Å². The van der Waals surface area contributed by atoms with Gasteiger partial charge in [-0.1, -0.05) is 11.6 Å². The fraction of sp³-hybridized carbons (Fsp3) is 0.227. The van der Waals surface area contributed by atoms with E-state index in [1.54, 1.807) is 32.4 Å². The molecule has 0 aliphatic carbocycles. The normalized spacial score (nSPS) is 11.7. The lowest BCUT2D eigenvalue weighted by molar-refractivity contribution is -0.886. The molecule has 3 aromatic rings. The highest BCUT2D eigenvalue weighted by Crippen LogP contribution is 2.29. The molecule has 1 aromatic heterocycles. The van der Waals surface area contributed by atoms with Gasteiger partial charge < -0.3 is 24.1 Å². The molecule has 0 saturated carbocycles. The molecule has 152 valence electrons. The minimum absolute atomic E-state index is 0.0980. The molecule has 6 nitrogen and oxygen atoms in total. The third kappa shape index (κ3) is 5.53. The number of hydrogen-bond donors (Lipinski definition) is 2. The molecule has 7 heteroatoms. The number of amides is 1. The van der Waals surface area contributed by atoms with Crippen molar-refractivity contribution in [3.8, 4) is 22.8 Å². The van der Waals surface area contributed by atoms with Gasteiger partial charge in [-0.05, 0) is 48.5 Å². The molecule has 0 fully saturated rings. The summed E-state index contributed by atoms with van der Waals surface area (Å²) in [5.41, 5.74) is 1.62. The summed E-state index contributed by atoms with van der Waals surface area (Å²) in [5.74, 6) is 2.67. The first-order valence-electron chi connectivity index (χ1n) is 9.16. The number of halogens is 1. The van der Waals surface area contributed by atoms with E-state index in [1.807, 2.05) is 43.4 Å². The van der Waals surface area contributed by atoms with Crippen molar-refractivity contribution in [1.29, 1.82) is 0 Å². The van der Waals surface area contributed by atoms with Crippen LogP contribution in [0.4, 0.5) is 5.69 Å². The third-order valence-corrected chi connectivity index (χ3v) is 4.65. The van der Waals surface area contributed by atoms with Crippen molar-refractivity contribution < 1.29 is 23.6 Å². The Morgan fingerprint density at radius 2 is 1.76 bits per heavy atom. The van der Waals surface area contributed by atoms with Crippen LogP contribution in [-0.4, -0.2) is 33.7 Å². The second kappa shape index (κ2) is 9.49. The summed E-state index contributed by atoms with van der Waals surface area (Å²) in [6, 6.07) is 16.6. The molecule has 2 aromatic carbocycles. The van der Waals surface area contributed by atoms with E-state index in [9.17, 15) is 4.79 Å². The smallest absolute Gasteiger partial charge is 0.279 e. The Kier molecular flexibility index (Phi) is 6.80. The van der Waals surface area contributed by atoms with Crippen LogP contribution in [-0.2, 0) is 11.3 Å². The van der Waals surface area contributed by atoms with Gasteiger partial charge in [0.25, 0.3) is 5.91 Å². The van der Waals surface area contributed by atoms with E-state index in [0.717, 1.165) is 22.0 Å². The fourth-order valence-electron chi connectivity index (χ4n) is 3.00. The molecular formula is C22H24ClN2O4+. The first-order chi connectivity index (χ1) is 14.0. The van der Waals surface area contributed by atoms with Gasteiger partial charge in [0.15, 0.2) is 23.8 Å². The van der Waals surface area contributed by atoms with Crippen LogP contribution in [0.3, 0.4) is 0 Å². The number of anilines is 1. The maximum absolute atomic E-state index is 12.4. The van der Waals surface area contributed by atoms with Crippen molar-refractivity contribution in [2.24, 2.45) is 0 Å². The molecule has 1 unspecified atom stereocenters. The van der Waals surface area contributed by atoms with E-state index in [4.69, 9.17) is 25.5 Å². The second-order valence-electron chi connectivity index (χ2n) is 6.70. The van der Waals surface area contributed by atoms with Crippen molar-refractivity contribution in [2.75, 3.05) is 33.1 Å². The summed E-state index contributed by atoms with van der Waals surface area (Å²) >= 11 is 5.93. The van der Waals surface area contributed by atoms with Gasteiger partial charge in [-0.2, -0.15) is 0 Å². The summed E-state index contributed by atoms with van der Waals surface area (Å²) in [7, 11) is 5.07. The lowest BCUT2D eigenvalue weighted by Crippen LogP contribution is -3.08. The van der Waals surface area contributed by atoms with Crippen LogP contribution in [0.15, 0.2) is 59.0 Å². The van der Waals surface area contributed by atoms with E-state index in [2.05, 4.69) is 5.32 Å². The zero-order chi connectivity index (χ0) is 20.8. The number of hydrogen-bond acceptors (Lipinski definition) is 4. The molecule has 0 saturated heterocycles. The Morgan fingerprint density at radius 3 is 2.45 bits per heavy atom. The van der Waals surface area contributed by atoms with E-state index < -0.39 is 0 Å². The Bertz CT molecular complexity index is 969.